The van der Waals surface area contributed by atoms with Crippen LogP contribution in [0.25, 0.3) is 0 Å². The zero-order valence-corrected chi connectivity index (χ0v) is 12.9. The molecule has 1 aliphatic heterocycles. The molecule has 1 saturated heterocycles. The van der Waals surface area contributed by atoms with E-state index in [9.17, 15) is 0 Å². The highest BCUT2D eigenvalue weighted by Crippen LogP contribution is 2.17. The molecule has 1 rings (SSSR count). The van der Waals surface area contributed by atoms with Crippen molar-refractivity contribution in [1.29, 1.82) is 0 Å². The van der Waals surface area contributed by atoms with Crippen molar-refractivity contribution in [2.75, 3.05) is 26.2 Å². The molecule has 0 aromatic rings. The first-order valence-corrected chi connectivity index (χ1v) is 8.22. The molecule has 1 N–H and O–H groups in total. The molecule has 1 unspecified atom stereocenters. The summed E-state index contributed by atoms with van der Waals surface area (Å²) in [5, 5.41) is 3.47. The summed E-state index contributed by atoms with van der Waals surface area (Å²) in [4.78, 5) is 2.71. The minimum absolute atomic E-state index is 0.779. The zero-order chi connectivity index (χ0) is 13.2. The van der Waals surface area contributed by atoms with E-state index >= 15 is 0 Å². The minimum Gasteiger partial charge on any atom is -0.317 e. The van der Waals surface area contributed by atoms with Gasteiger partial charge in [0.25, 0.3) is 0 Å². The van der Waals surface area contributed by atoms with Crippen molar-refractivity contribution in [1.82, 2.24) is 10.2 Å². The second kappa shape index (κ2) is 9.80. The van der Waals surface area contributed by atoms with Crippen LogP contribution in [0.5, 0.6) is 0 Å². The van der Waals surface area contributed by atoms with Crippen molar-refractivity contribution < 1.29 is 0 Å². The maximum absolute atomic E-state index is 3.47. The molecule has 0 aromatic carbocycles. The summed E-state index contributed by atoms with van der Waals surface area (Å²) >= 11 is 0. The van der Waals surface area contributed by atoms with Crippen LogP contribution in [0.3, 0.4) is 0 Å². The lowest BCUT2D eigenvalue weighted by atomic mass is 9.96. The number of unbranched alkanes of at least 4 members (excludes halogenated alkanes) is 3. The van der Waals surface area contributed by atoms with Crippen LogP contribution in [-0.2, 0) is 0 Å². The van der Waals surface area contributed by atoms with Crippen molar-refractivity contribution in [2.45, 2.75) is 71.8 Å². The third-order valence-corrected chi connectivity index (χ3v) is 4.46. The number of piperidine rings is 1. The van der Waals surface area contributed by atoms with Crippen molar-refractivity contribution in [3.8, 4) is 0 Å². The Morgan fingerprint density at radius 1 is 1.11 bits per heavy atom. The predicted octanol–water partition coefficient (Wildman–Crippen LogP) is 3.67. The Kier molecular flexibility index (Phi) is 8.70. The fraction of sp³-hybridized carbons (Fsp3) is 1.00. The lowest BCUT2D eigenvalue weighted by Crippen LogP contribution is -2.40. The lowest BCUT2D eigenvalue weighted by Gasteiger charge is -2.33. The van der Waals surface area contributed by atoms with Gasteiger partial charge in [0.15, 0.2) is 0 Å². The van der Waals surface area contributed by atoms with E-state index in [4.69, 9.17) is 0 Å². The molecule has 0 radical (unpaired) electrons. The maximum atomic E-state index is 3.47. The Morgan fingerprint density at radius 3 is 2.44 bits per heavy atom. The van der Waals surface area contributed by atoms with Gasteiger partial charge in [-0.25, -0.2) is 0 Å². The van der Waals surface area contributed by atoms with Gasteiger partial charge < -0.3 is 10.2 Å². The van der Waals surface area contributed by atoms with Crippen LogP contribution >= 0.6 is 0 Å². The first-order valence-electron chi connectivity index (χ1n) is 8.22. The molecule has 2 heteroatoms. The van der Waals surface area contributed by atoms with Crippen LogP contribution in [0.1, 0.15) is 65.7 Å². The molecule has 1 atom stereocenters. The molecule has 0 saturated carbocycles. The second-order valence-corrected chi connectivity index (χ2v) is 5.98. The number of hydrogen-bond donors (Lipinski definition) is 1. The SMILES string of the molecule is CCCCCCC(C)N(CC)CC1CCNCC1. The van der Waals surface area contributed by atoms with Gasteiger partial charge in [0, 0.05) is 12.6 Å². The highest BCUT2D eigenvalue weighted by molar-refractivity contribution is 4.75. The van der Waals surface area contributed by atoms with E-state index in [0.717, 1.165) is 12.0 Å². The average molecular weight is 254 g/mol. The van der Waals surface area contributed by atoms with Gasteiger partial charge in [0.2, 0.25) is 0 Å². The lowest BCUT2D eigenvalue weighted by molar-refractivity contribution is 0.159. The Hall–Kier alpha value is -0.0800. The largest absolute Gasteiger partial charge is 0.317 e. The quantitative estimate of drug-likeness (QED) is 0.632. The molecular formula is C16H34N2. The van der Waals surface area contributed by atoms with Gasteiger partial charge in [0.05, 0.1) is 0 Å². The van der Waals surface area contributed by atoms with E-state index in [1.807, 2.05) is 0 Å². The summed E-state index contributed by atoms with van der Waals surface area (Å²) in [5.41, 5.74) is 0. The Labute approximate surface area is 115 Å². The van der Waals surface area contributed by atoms with Gasteiger partial charge in [-0.3, -0.25) is 0 Å². The summed E-state index contributed by atoms with van der Waals surface area (Å²) in [6.07, 6.45) is 9.73. The molecular weight excluding hydrogens is 220 g/mol. The van der Waals surface area contributed by atoms with Crippen molar-refractivity contribution >= 4 is 0 Å². The highest BCUT2D eigenvalue weighted by atomic mass is 15.1. The molecule has 0 bridgehead atoms. The van der Waals surface area contributed by atoms with E-state index < -0.39 is 0 Å². The van der Waals surface area contributed by atoms with E-state index in [1.165, 1.54) is 71.1 Å². The molecule has 1 fully saturated rings. The normalized spacial score (nSPS) is 19.3. The van der Waals surface area contributed by atoms with Gasteiger partial charge in [-0.1, -0.05) is 39.5 Å². The monoisotopic (exact) mass is 254 g/mol. The maximum Gasteiger partial charge on any atom is 0.00669 e. The molecule has 0 aliphatic carbocycles. The number of nitrogens with zero attached hydrogens (tertiary/aromatic N) is 1. The average Bonchev–Trinajstić information content (AvgIpc) is 2.42. The van der Waals surface area contributed by atoms with Crippen LogP contribution in [-0.4, -0.2) is 37.1 Å². The Morgan fingerprint density at radius 2 is 1.83 bits per heavy atom. The van der Waals surface area contributed by atoms with Crippen LogP contribution < -0.4 is 5.32 Å². The number of nitrogens with one attached hydrogen (secondary N) is 1. The van der Waals surface area contributed by atoms with E-state index in [-0.39, 0.29) is 0 Å². The van der Waals surface area contributed by atoms with Gasteiger partial charge in [-0.05, 0) is 51.7 Å². The Balaban J connectivity index is 2.20. The molecule has 1 aliphatic rings. The van der Waals surface area contributed by atoms with Crippen molar-refractivity contribution in [3.05, 3.63) is 0 Å². The summed E-state index contributed by atoms with van der Waals surface area (Å²) in [7, 11) is 0. The summed E-state index contributed by atoms with van der Waals surface area (Å²) in [6, 6.07) is 0.779. The fourth-order valence-electron chi connectivity index (χ4n) is 3.07. The van der Waals surface area contributed by atoms with Gasteiger partial charge in [-0.2, -0.15) is 0 Å². The van der Waals surface area contributed by atoms with Gasteiger partial charge in [0.1, 0.15) is 0 Å². The number of hydrogen-bond acceptors (Lipinski definition) is 2. The van der Waals surface area contributed by atoms with Gasteiger partial charge in [-0.15, -0.1) is 0 Å². The standard InChI is InChI=1S/C16H34N2/c1-4-6-7-8-9-15(3)18(5-2)14-16-10-12-17-13-11-16/h15-17H,4-14H2,1-3H3. The van der Waals surface area contributed by atoms with Crippen LogP contribution in [0.15, 0.2) is 0 Å². The second-order valence-electron chi connectivity index (χ2n) is 5.98. The minimum atomic E-state index is 0.779. The first kappa shape index (κ1) is 16.0. The van der Waals surface area contributed by atoms with Crippen LogP contribution in [0, 0.1) is 5.92 Å². The van der Waals surface area contributed by atoms with Crippen LogP contribution in [0.2, 0.25) is 0 Å². The summed E-state index contributed by atoms with van der Waals surface area (Å²) in [5.74, 6) is 0.935. The predicted molar refractivity (Wildman–Crippen MR) is 81.1 cm³/mol. The fourth-order valence-corrected chi connectivity index (χ4v) is 3.07. The van der Waals surface area contributed by atoms with Gasteiger partial charge >= 0.3 is 0 Å². The molecule has 2 nitrogen and oxygen atoms in total. The molecule has 0 amide bonds. The smallest absolute Gasteiger partial charge is 0.00669 e. The molecule has 18 heavy (non-hydrogen) atoms. The molecule has 0 spiro atoms. The topological polar surface area (TPSA) is 15.3 Å². The van der Waals surface area contributed by atoms with Crippen LogP contribution in [0.4, 0.5) is 0 Å². The van der Waals surface area contributed by atoms with Crippen molar-refractivity contribution in [2.24, 2.45) is 5.92 Å². The summed E-state index contributed by atoms with van der Waals surface area (Å²) in [6.45, 7) is 12.0. The number of rotatable bonds is 9. The molecule has 1 heterocycles. The molecule has 0 aromatic heterocycles. The highest BCUT2D eigenvalue weighted by Gasteiger charge is 2.19. The van der Waals surface area contributed by atoms with E-state index in [2.05, 4.69) is 31.0 Å². The van der Waals surface area contributed by atoms with E-state index in [1.54, 1.807) is 0 Å². The van der Waals surface area contributed by atoms with Crippen molar-refractivity contribution in [3.63, 3.8) is 0 Å². The van der Waals surface area contributed by atoms with E-state index in [0.29, 0.717) is 0 Å². The molecule has 108 valence electrons. The third-order valence-electron chi connectivity index (χ3n) is 4.46. The zero-order valence-electron chi connectivity index (χ0n) is 12.9. The first-order chi connectivity index (χ1) is 8.77. The Bertz CT molecular complexity index is 188. The summed E-state index contributed by atoms with van der Waals surface area (Å²) < 4.78 is 0. The third kappa shape index (κ3) is 6.19.